The van der Waals surface area contributed by atoms with Crippen molar-refractivity contribution in [2.24, 2.45) is 0 Å². The van der Waals surface area contributed by atoms with Crippen molar-refractivity contribution in [3.8, 4) is 0 Å². The average Bonchev–Trinajstić information content (AvgIpc) is 2.81. The van der Waals surface area contributed by atoms with Crippen LogP contribution in [0, 0.1) is 0 Å². The summed E-state index contributed by atoms with van der Waals surface area (Å²) in [5, 5.41) is 10.5. The maximum atomic E-state index is 5.98. The Labute approximate surface area is 111 Å². The fourth-order valence-corrected chi connectivity index (χ4v) is 1.88. The fraction of sp³-hybridized carbons (Fsp3) is 0.417. The molecule has 2 rings (SSSR count). The highest BCUT2D eigenvalue weighted by Crippen LogP contribution is 2.19. The van der Waals surface area contributed by atoms with Gasteiger partial charge in [0, 0.05) is 24.2 Å². The van der Waals surface area contributed by atoms with E-state index < -0.39 is 0 Å². The molecule has 96 valence electrons. The maximum Gasteiger partial charge on any atom is 0.134 e. The molecule has 2 aromatic heterocycles. The van der Waals surface area contributed by atoms with E-state index in [1.165, 1.54) is 0 Å². The van der Waals surface area contributed by atoms with Crippen LogP contribution in [0.2, 0.25) is 5.15 Å². The highest BCUT2D eigenvalue weighted by molar-refractivity contribution is 6.29. The predicted molar refractivity (Wildman–Crippen MR) is 71.7 cm³/mol. The molecule has 2 aromatic rings. The van der Waals surface area contributed by atoms with Crippen molar-refractivity contribution in [3.05, 3.63) is 35.0 Å². The van der Waals surface area contributed by atoms with Crippen molar-refractivity contribution < 1.29 is 0 Å². The van der Waals surface area contributed by atoms with Crippen LogP contribution in [-0.2, 0) is 6.42 Å². The molecular formula is C12H16ClN5. The van der Waals surface area contributed by atoms with Gasteiger partial charge in [0.15, 0.2) is 0 Å². The standard InChI is InChI=1S/C12H16ClN5/c1-3-4-11-17-10(13)5-12(18-11)16-8(2)9-6-14-15-7-9/h5-8H,3-4H2,1-2H3,(H,14,15)(H,16,17,18). The Morgan fingerprint density at radius 1 is 1.44 bits per heavy atom. The molecule has 0 radical (unpaired) electrons. The van der Waals surface area contributed by atoms with Gasteiger partial charge < -0.3 is 5.32 Å². The summed E-state index contributed by atoms with van der Waals surface area (Å²) in [6.45, 7) is 4.13. The first-order chi connectivity index (χ1) is 8.69. The zero-order valence-corrected chi connectivity index (χ0v) is 11.2. The van der Waals surface area contributed by atoms with E-state index in [-0.39, 0.29) is 6.04 Å². The zero-order chi connectivity index (χ0) is 13.0. The lowest BCUT2D eigenvalue weighted by atomic mass is 10.2. The fourth-order valence-electron chi connectivity index (χ4n) is 1.68. The molecule has 0 aromatic carbocycles. The first-order valence-corrected chi connectivity index (χ1v) is 6.35. The molecule has 18 heavy (non-hydrogen) atoms. The topological polar surface area (TPSA) is 66.5 Å². The molecule has 0 bridgehead atoms. The maximum absolute atomic E-state index is 5.98. The molecule has 0 spiro atoms. The van der Waals surface area contributed by atoms with Crippen molar-refractivity contribution in [3.63, 3.8) is 0 Å². The highest BCUT2D eigenvalue weighted by Gasteiger charge is 2.09. The number of H-pyrrole nitrogens is 1. The number of nitrogens with one attached hydrogen (secondary N) is 2. The number of nitrogens with zero attached hydrogens (tertiary/aromatic N) is 3. The van der Waals surface area contributed by atoms with Gasteiger partial charge in [-0.1, -0.05) is 18.5 Å². The van der Waals surface area contributed by atoms with Crippen molar-refractivity contribution in [2.45, 2.75) is 32.7 Å². The predicted octanol–water partition coefficient (Wildman–Crippen LogP) is 2.98. The number of aromatic amines is 1. The van der Waals surface area contributed by atoms with E-state index in [0.29, 0.717) is 5.15 Å². The molecule has 5 nitrogen and oxygen atoms in total. The van der Waals surface area contributed by atoms with Crippen LogP contribution in [0.1, 0.15) is 37.7 Å². The zero-order valence-electron chi connectivity index (χ0n) is 10.4. The van der Waals surface area contributed by atoms with E-state index in [2.05, 4.69) is 32.4 Å². The molecule has 0 amide bonds. The number of hydrogen-bond acceptors (Lipinski definition) is 4. The Hall–Kier alpha value is -1.62. The van der Waals surface area contributed by atoms with E-state index in [4.69, 9.17) is 11.6 Å². The van der Waals surface area contributed by atoms with Crippen LogP contribution >= 0.6 is 11.6 Å². The van der Waals surface area contributed by atoms with Crippen LogP contribution < -0.4 is 5.32 Å². The Morgan fingerprint density at radius 3 is 2.94 bits per heavy atom. The summed E-state index contributed by atoms with van der Waals surface area (Å²) in [7, 11) is 0. The molecule has 0 aliphatic heterocycles. The van der Waals surface area contributed by atoms with Crippen LogP contribution in [0.3, 0.4) is 0 Å². The van der Waals surface area contributed by atoms with E-state index in [0.717, 1.165) is 30.0 Å². The molecule has 0 saturated carbocycles. The third kappa shape index (κ3) is 3.20. The first-order valence-electron chi connectivity index (χ1n) is 5.97. The second kappa shape index (κ2) is 5.82. The van der Waals surface area contributed by atoms with Crippen LogP contribution in [0.5, 0.6) is 0 Å². The summed E-state index contributed by atoms with van der Waals surface area (Å²) >= 11 is 5.98. The third-order valence-corrected chi connectivity index (χ3v) is 2.79. The molecule has 0 aliphatic carbocycles. The molecular weight excluding hydrogens is 250 g/mol. The largest absolute Gasteiger partial charge is 0.363 e. The lowest BCUT2D eigenvalue weighted by Gasteiger charge is -2.13. The molecule has 0 saturated heterocycles. The third-order valence-electron chi connectivity index (χ3n) is 2.60. The first kappa shape index (κ1) is 12.8. The second-order valence-corrected chi connectivity index (χ2v) is 4.53. The van der Waals surface area contributed by atoms with Gasteiger partial charge in [-0.3, -0.25) is 5.10 Å². The summed E-state index contributed by atoms with van der Waals surface area (Å²) in [4.78, 5) is 8.63. The molecule has 0 fully saturated rings. The smallest absolute Gasteiger partial charge is 0.134 e. The quantitative estimate of drug-likeness (QED) is 0.816. The van der Waals surface area contributed by atoms with Crippen molar-refractivity contribution >= 4 is 17.4 Å². The molecule has 2 heterocycles. The number of anilines is 1. The lowest BCUT2D eigenvalue weighted by molar-refractivity contribution is 0.819. The molecule has 2 N–H and O–H groups in total. The Bertz CT molecular complexity index is 497. The van der Waals surface area contributed by atoms with Gasteiger partial charge in [-0.05, 0) is 13.3 Å². The number of aromatic nitrogens is 4. The Balaban J connectivity index is 2.13. The summed E-state index contributed by atoms with van der Waals surface area (Å²) in [5.41, 5.74) is 1.07. The van der Waals surface area contributed by atoms with Crippen LogP contribution in [0.25, 0.3) is 0 Å². The van der Waals surface area contributed by atoms with Crippen LogP contribution in [0.15, 0.2) is 18.5 Å². The Morgan fingerprint density at radius 2 is 2.28 bits per heavy atom. The van der Waals surface area contributed by atoms with Crippen molar-refractivity contribution in [1.29, 1.82) is 0 Å². The molecule has 0 aliphatic rings. The van der Waals surface area contributed by atoms with Crippen LogP contribution in [0.4, 0.5) is 5.82 Å². The summed E-state index contributed by atoms with van der Waals surface area (Å²) in [6.07, 6.45) is 5.47. The monoisotopic (exact) mass is 265 g/mol. The number of rotatable bonds is 5. The van der Waals surface area contributed by atoms with Crippen molar-refractivity contribution in [2.75, 3.05) is 5.32 Å². The SMILES string of the molecule is CCCc1nc(Cl)cc(NC(C)c2cn[nH]c2)n1. The van der Waals surface area contributed by atoms with E-state index in [9.17, 15) is 0 Å². The van der Waals surface area contributed by atoms with Gasteiger partial charge in [-0.15, -0.1) is 0 Å². The molecule has 1 atom stereocenters. The van der Waals surface area contributed by atoms with Gasteiger partial charge in [0.25, 0.3) is 0 Å². The summed E-state index contributed by atoms with van der Waals surface area (Å²) in [6, 6.07) is 1.85. The van der Waals surface area contributed by atoms with Gasteiger partial charge in [-0.25, -0.2) is 9.97 Å². The van der Waals surface area contributed by atoms with Crippen molar-refractivity contribution in [1.82, 2.24) is 20.2 Å². The van der Waals surface area contributed by atoms with Gasteiger partial charge in [0.2, 0.25) is 0 Å². The number of aryl methyl sites for hydroxylation is 1. The van der Waals surface area contributed by atoms with Crippen LogP contribution in [-0.4, -0.2) is 20.2 Å². The lowest BCUT2D eigenvalue weighted by Crippen LogP contribution is -2.09. The van der Waals surface area contributed by atoms with E-state index >= 15 is 0 Å². The average molecular weight is 266 g/mol. The molecule has 6 heteroatoms. The minimum atomic E-state index is 0.115. The Kier molecular flexibility index (Phi) is 4.15. The normalized spacial score (nSPS) is 12.4. The summed E-state index contributed by atoms with van der Waals surface area (Å²) < 4.78 is 0. The minimum absolute atomic E-state index is 0.115. The van der Waals surface area contributed by atoms with E-state index in [1.807, 2.05) is 13.1 Å². The van der Waals surface area contributed by atoms with Gasteiger partial charge >= 0.3 is 0 Å². The van der Waals surface area contributed by atoms with Gasteiger partial charge in [-0.2, -0.15) is 5.10 Å². The minimum Gasteiger partial charge on any atom is -0.363 e. The number of hydrogen-bond donors (Lipinski definition) is 2. The second-order valence-electron chi connectivity index (χ2n) is 4.14. The molecule has 1 unspecified atom stereocenters. The van der Waals surface area contributed by atoms with Gasteiger partial charge in [0.05, 0.1) is 12.2 Å². The van der Waals surface area contributed by atoms with E-state index in [1.54, 1.807) is 12.3 Å². The van der Waals surface area contributed by atoms with Gasteiger partial charge in [0.1, 0.15) is 16.8 Å². The summed E-state index contributed by atoms with van der Waals surface area (Å²) in [5.74, 6) is 1.51. The highest BCUT2D eigenvalue weighted by atomic mass is 35.5. The number of halogens is 1.